The van der Waals surface area contributed by atoms with E-state index in [0.29, 0.717) is 6.04 Å². The van der Waals surface area contributed by atoms with Crippen LogP contribution in [0.3, 0.4) is 0 Å². The number of aromatic nitrogens is 4. The third kappa shape index (κ3) is 3.99. The largest absolute Gasteiger partial charge is 0.286 e. The highest BCUT2D eigenvalue weighted by molar-refractivity contribution is 5.29. The van der Waals surface area contributed by atoms with Gasteiger partial charge in [0, 0.05) is 6.54 Å². The van der Waals surface area contributed by atoms with E-state index >= 15 is 0 Å². The molecule has 28 heavy (non-hydrogen) atoms. The molecule has 146 valence electrons. The number of hydrogen-bond acceptors (Lipinski definition) is 4. The molecule has 0 aliphatic heterocycles. The van der Waals surface area contributed by atoms with Crippen molar-refractivity contribution in [2.24, 2.45) is 0 Å². The van der Waals surface area contributed by atoms with Gasteiger partial charge in [-0.25, -0.2) is 4.68 Å². The van der Waals surface area contributed by atoms with Crippen LogP contribution in [0, 0.1) is 6.92 Å². The van der Waals surface area contributed by atoms with Crippen molar-refractivity contribution in [1.82, 2.24) is 25.1 Å². The minimum Gasteiger partial charge on any atom is -0.286 e. The number of aryl methyl sites for hydroxylation is 1. The van der Waals surface area contributed by atoms with Crippen LogP contribution in [0.1, 0.15) is 67.2 Å². The Morgan fingerprint density at radius 3 is 2.43 bits per heavy atom. The van der Waals surface area contributed by atoms with E-state index in [9.17, 15) is 0 Å². The zero-order valence-corrected chi connectivity index (χ0v) is 16.8. The topological polar surface area (TPSA) is 46.8 Å². The molecule has 0 amide bonds. The quantitative estimate of drug-likeness (QED) is 0.600. The lowest BCUT2D eigenvalue weighted by Gasteiger charge is -2.31. The summed E-state index contributed by atoms with van der Waals surface area (Å²) in [6.45, 7) is 6.13. The standard InChI is InChI=1S/C23H29N5/c1-3-27(17-19-9-5-4-6-10-19)22(20-15-13-18(2)14-16-20)23-24-25-26-28(23)21-11-7-8-12-21/h4-6,9-10,13-16,21-22H,3,7-8,11-12,17H2,1-2H3/t22-/m1/s1. The van der Waals surface area contributed by atoms with E-state index in [1.807, 2.05) is 0 Å². The second-order valence-electron chi connectivity index (χ2n) is 7.78. The first-order valence-corrected chi connectivity index (χ1v) is 10.4. The SMILES string of the molecule is CCN(Cc1ccccc1)[C@H](c1ccc(C)cc1)c1nnnn1C1CCCC1. The van der Waals surface area contributed by atoms with E-state index in [2.05, 4.69) is 93.6 Å². The Hall–Kier alpha value is -2.53. The van der Waals surface area contributed by atoms with E-state index in [4.69, 9.17) is 0 Å². The van der Waals surface area contributed by atoms with Gasteiger partial charge in [-0.2, -0.15) is 0 Å². The summed E-state index contributed by atoms with van der Waals surface area (Å²) in [6, 6.07) is 19.9. The van der Waals surface area contributed by atoms with Gasteiger partial charge < -0.3 is 0 Å². The van der Waals surface area contributed by atoms with Gasteiger partial charge in [-0.05, 0) is 47.9 Å². The monoisotopic (exact) mass is 375 g/mol. The number of rotatable bonds is 7. The van der Waals surface area contributed by atoms with Crippen molar-refractivity contribution in [1.29, 1.82) is 0 Å². The summed E-state index contributed by atoms with van der Waals surface area (Å²) in [4.78, 5) is 2.47. The Morgan fingerprint density at radius 1 is 1.04 bits per heavy atom. The normalized spacial score (nSPS) is 16.0. The average molecular weight is 376 g/mol. The summed E-state index contributed by atoms with van der Waals surface area (Å²) >= 11 is 0. The van der Waals surface area contributed by atoms with Crippen LogP contribution < -0.4 is 0 Å². The molecule has 1 aliphatic carbocycles. The highest BCUT2D eigenvalue weighted by Gasteiger charge is 2.30. The maximum atomic E-state index is 4.53. The van der Waals surface area contributed by atoms with Crippen LogP contribution >= 0.6 is 0 Å². The van der Waals surface area contributed by atoms with Crippen LogP contribution in [0.4, 0.5) is 0 Å². The zero-order valence-electron chi connectivity index (χ0n) is 16.8. The highest BCUT2D eigenvalue weighted by Crippen LogP contribution is 2.34. The summed E-state index contributed by atoms with van der Waals surface area (Å²) in [5.74, 6) is 0.966. The molecule has 1 aromatic heterocycles. The zero-order chi connectivity index (χ0) is 19.3. The van der Waals surface area contributed by atoms with E-state index in [0.717, 1.165) is 18.9 Å². The van der Waals surface area contributed by atoms with Gasteiger partial charge in [-0.3, -0.25) is 4.90 Å². The van der Waals surface area contributed by atoms with Crippen molar-refractivity contribution >= 4 is 0 Å². The predicted molar refractivity (Wildman–Crippen MR) is 111 cm³/mol. The van der Waals surface area contributed by atoms with Gasteiger partial charge in [0.05, 0.1) is 12.1 Å². The lowest BCUT2D eigenvalue weighted by atomic mass is 10.0. The summed E-state index contributed by atoms with van der Waals surface area (Å²) < 4.78 is 2.10. The summed E-state index contributed by atoms with van der Waals surface area (Å²) in [5.41, 5.74) is 3.82. The fraction of sp³-hybridized carbons (Fsp3) is 0.435. The molecular weight excluding hydrogens is 346 g/mol. The van der Waals surface area contributed by atoms with Crippen LogP contribution in [0.15, 0.2) is 54.6 Å². The first-order chi connectivity index (χ1) is 13.8. The molecule has 3 aromatic rings. The van der Waals surface area contributed by atoms with Gasteiger partial charge in [0.15, 0.2) is 5.82 Å². The van der Waals surface area contributed by atoms with Crippen LogP contribution in [0.5, 0.6) is 0 Å². The molecule has 1 atom stereocenters. The molecule has 0 saturated heterocycles. The molecule has 0 unspecified atom stereocenters. The van der Waals surface area contributed by atoms with Crippen molar-refractivity contribution in [3.63, 3.8) is 0 Å². The molecule has 1 fully saturated rings. The number of benzene rings is 2. The fourth-order valence-corrected chi connectivity index (χ4v) is 4.26. The summed E-state index contributed by atoms with van der Waals surface area (Å²) in [6.07, 6.45) is 4.87. The molecular formula is C23H29N5. The Morgan fingerprint density at radius 2 is 1.75 bits per heavy atom. The van der Waals surface area contributed by atoms with Gasteiger partial charge in [-0.15, -0.1) is 5.10 Å². The smallest absolute Gasteiger partial charge is 0.173 e. The van der Waals surface area contributed by atoms with E-state index in [-0.39, 0.29) is 6.04 Å². The molecule has 1 saturated carbocycles. The van der Waals surface area contributed by atoms with E-state index < -0.39 is 0 Å². The first kappa shape index (κ1) is 18.8. The summed E-state index contributed by atoms with van der Waals surface area (Å²) in [5, 5.41) is 13.0. The maximum Gasteiger partial charge on any atom is 0.173 e. The maximum absolute atomic E-state index is 4.53. The van der Waals surface area contributed by atoms with Crippen LogP contribution in [-0.2, 0) is 6.54 Å². The van der Waals surface area contributed by atoms with Crippen molar-refractivity contribution < 1.29 is 0 Å². The van der Waals surface area contributed by atoms with Crippen molar-refractivity contribution in [2.45, 2.75) is 58.2 Å². The molecule has 0 bridgehead atoms. The minimum absolute atomic E-state index is 0.0430. The van der Waals surface area contributed by atoms with Gasteiger partial charge >= 0.3 is 0 Å². The molecule has 1 heterocycles. The molecule has 4 rings (SSSR count). The molecule has 5 heteroatoms. The van der Waals surface area contributed by atoms with E-state index in [1.165, 1.54) is 42.4 Å². The Bertz CT molecular complexity index is 866. The number of hydrogen-bond donors (Lipinski definition) is 0. The average Bonchev–Trinajstić information content (AvgIpc) is 3.41. The lowest BCUT2D eigenvalue weighted by molar-refractivity contribution is 0.211. The predicted octanol–water partition coefficient (Wildman–Crippen LogP) is 4.71. The molecule has 1 aliphatic rings. The molecule has 2 aromatic carbocycles. The fourth-order valence-electron chi connectivity index (χ4n) is 4.26. The second-order valence-corrected chi connectivity index (χ2v) is 7.78. The number of tetrazole rings is 1. The van der Waals surface area contributed by atoms with Crippen molar-refractivity contribution in [2.75, 3.05) is 6.54 Å². The number of nitrogens with zero attached hydrogens (tertiary/aromatic N) is 5. The van der Waals surface area contributed by atoms with Crippen molar-refractivity contribution in [3.05, 3.63) is 77.1 Å². The first-order valence-electron chi connectivity index (χ1n) is 10.4. The van der Waals surface area contributed by atoms with Gasteiger partial charge in [-0.1, -0.05) is 79.9 Å². The van der Waals surface area contributed by atoms with Gasteiger partial charge in [0.25, 0.3) is 0 Å². The molecule has 5 nitrogen and oxygen atoms in total. The van der Waals surface area contributed by atoms with Crippen LogP contribution in [-0.4, -0.2) is 31.7 Å². The third-order valence-electron chi connectivity index (χ3n) is 5.83. The Kier molecular flexibility index (Phi) is 5.81. The third-order valence-corrected chi connectivity index (χ3v) is 5.83. The van der Waals surface area contributed by atoms with Gasteiger partial charge in [0.2, 0.25) is 0 Å². The van der Waals surface area contributed by atoms with Crippen LogP contribution in [0.2, 0.25) is 0 Å². The highest BCUT2D eigenvalue weighted by atomic mass is 15.6. The van der Waals surface area contributed by atoms with Gasteiger partial charge in [0.1, 0.15) is 0 Å². The Labute approximate surface area is 167 Å². The molecule has 0 N–H and O–H groups in total. The van der Waals surface area contributed by atoms with E-state index in [1.54, 1.807) is 0 Å². The minimum atomic E-state index is 0.0430. The second kappa shape index (κ2) is 8.65. The Balaban J connectivity index is 1.73. The van der Waals surface area contributed by atoms with Crippen molar-refractivity contribution in [3.8, 4) is 0 Å². The lowest BCUT2D eigenvalue weighted by Crippen LogP contribution is -2.32. The molecule has 0 radical (unpaired) electrons. The van der Waals surface area contributed by atoms with Crippen LogP contribution in [0.25, 0.3) is 0 Å². The molecule has 0 spiro atoms. The summed E-state index contributed by atoms with van der Waals surface area (Å²) in [7, 11) is 0.